The van der Waals surface area contributed by atoms with Crippen molar-refractivity contribution < 1.29 is 19.5 Å². The first-order chi connectivity index (χ1) is 16.8. The van der Waals surface area contributed by atoms with E-state index in [4.69, 9.17) is 0 Å². The summed E-state index contributed by atoms with van der Waals surface area (Å²) in [5.74, 6) is -1.18. The molecule has 0 unspecified atom stereocenters. The first-order valence-corrected chi connectivity index (χ1v) is 13.3. The Labute approximate surface area is 217 Å². The highest BCUT2D eigenvalue weighted by molar-refractivity contribution is 7.13. The monoisotopic (exact) mass is 514 g/mol. The maximum absolute atomic E-state index is 13.6. The number of carbonyl (C=O) groups excluding carboxylic acids is 3. The SMILES string of the molecule is Cc1ncsc1-c1ccc([C@H](C)NC(=O)[C@@H]2C[C@@H](O)CN2C(=O)[C@@H](NC(=O)C(C)C)C(C)(C)C)cc1. The summed E-state index contributed by atoms with van der Waals surface area (Å²) in [7, 11) is 0. The molecule has 9 heteroatoms. The predicted octanol–water partition coefficient (Wildman–Crippen LogP) is 3.44. The third-order valence-corrected chi connectivity index (χ3v) is 7.54. The van der Waals surface area contributed by atoms with Crippen LogP contribution in [0.15, 0.2) is 29.8 Å². The van der Waals surface area contributed by atoms with Crippen LogP contribution >= 0.6 is 11.3 Å². The number of β-amino-alcohol motifs (C(OH)–C–C–N with tert-alkyl or cyclic N) is 1. The highest BCUT2D eigenvalue weighted by atomic mass is 32.1. The summed E-state index contributed by atoms with van der Waals surface area (Å²) in [5.41, 5.74) is 4.24. The molecule has 1 fully saturated rings. The lowest BCUT2D eigenvalue weighted by Gasteiger charge is -2.36. The fraction of sp³-hybridized carbons (Fsp3) is 0.556. The molecule has 0 bridgehead atoms. The Hall–Kier alpha value is -2.78. The van der Waals surface area contributed by atoms with E-state index >= 15 is 0 Å². The first-order valence-electron chi connectivity index (χ1n) is 12.4. The van der Waals surface area contributed by atoms with E-state index in [1.165, 1.54) is 4.90 Å². The van der Waals surface area contributed by atoms with Crippen molar-refractivity contribution in [3.8, 4) is 10.4 Å². The molecule has 0 spiro atoms. The van der Waals surface area contributed by atoms with Crippen LogP contribution in [0, 0.1) is 18.3 Å². The van der Waals surface area contributed by atoms with Crippen LogP contribution in [-0.4, -0.2) is 57.4 Å². The summed E-state index contributed by atoms with van der Waals surface area (Å²) in [5, 5.41) is 16.2. The van der Waals surface area contributed by atoms with E-state index in [1.807, 2.05) is 64.4 Å². The zero-order valence-corrected chi connectivity index (χ0v) is 23.0. The van der Waals surface area contributed by atoms with Gasteiger partial charge in [0.15, 0.2) is 0 Å². The van der Waals surface area contributed by atoms with Gasteiger partial charge in [-0.1, -0.05) is 58.9 Å². The number of nitrogens with zero attached hydrogens (tertiary/aromatic N) is 2. The third kappa shape index (κ3) is 6.31. The molecule has 3 N–H and O–H groups in total. The lowest BCUT2D eigenvalue weighted by Crippen LogP contribution is -2.58. The molecule has 196 valence electrons. The van der Waals surface area contributed by atoms with Gasteiger partial charge >= 0.3 is 0 Å². The lowest BCUT2D eigenvalue weighted by molar-refractivity contribution is -0.144. The van der Waals surface area contributed by atoms with Crippen LogP contribution in [0.2, 0.25) is 0 Å². The van der Waals surface area contributed by atoms with Crippen molar-refractivity contribution in [2.24, 2.45) is 11.3 Å². The predicted molar refractivity (Wildman–Crippen MR) is 141 cm³/mol. The van der Waals surface area contributed by atoms with Crippen LogP contribution in [0.25, 0.3) is 10.4 Å². The van der Waals surface area contributed by atoms with Gasteiger partial charge in [-0.25, -0.2) is 4.98 Å². The van der Waals surface area contributed by atoms with Gasteiger partial charge in [-0.2, -0.15) is 0 Å². The normalized spacial score (nSPS) is 19.8. The Morgan fingerprint density at radius 1 is 1.11 bits per heavy atom. The van der Waals surface area contributed by atoms with Gasteiger partial charge in [0.2, 0.25) is 17.7 Å². The third-order valence-electron chi connectivity index (χ3n) is 6.57. The number of amides is 3. The van der Waals surface area contributed by atoms with Gasteiger partial charge in [-0.15, -0.1) is 11.3 Å². The molecule has 1 aliphatic rings. The van der Waals surface area contributed by atoms with E-state index in [0.29, 0.717) is 0 Å². The Kier molecular flexibility index (Phi) is 8.56. The number of likely N-dealkylation sites (tertiary alicyclic amines) is 1. The largest absolute Gasteiger partial charge is 0.391 e. The van der Waals surface area contributed by atoms with Gasteiger partial charge in [0.25, 0.3) is 0 Å². The van der Waals surface area contributed by atoms with Crippen LogP contribution in [0.4, 0.5) is 0 Å². The van der Waals surface area contributed by atoms with Crippen molar-refractivity contribution in [2.75, 3.05) is 6.54 Å². The quantitative estimate of drug-likeness (QED) is 0.524. The number of rotatable bonds is 7. The zero-order chi connectivity index (χ0) is 26.8. The van der Waals surface area contributed by atoms with E-state index < -0.39 is 23.6 Å². The van der Waals surface area contributed by atoms with Crippen molar-refractivity contribution in [1.29, 1.82) is 0 Å². The summed E-state index contributed by atoms with van der Waals surface area (Å²) in [4.78, 5) is 46.1. The van der Waals surface area contributed by atoms with Crippen LogP contribution in [-0.2, 0) is 14.4 Å². The molecule has 3 amide bonds. The number of thiazole rings is 1. The van der Waals surface area contributed by atoms with E-state index in [9.17, 15) is 19.5 Å². The number of carbonyl (C=O) groups is 3. The Morgan fingerprint density at radius 2 is 1.75 bits per heavy atom. The second-order valence-electron chi connectivity index (χ2n) is 11.0. The zero-order valence-electron chi connectivity index (χ0n) is 22.2. The number of aliphatic hydroxyl groups excluding tert-OH is 1. The van der Waals surface area contributed by atoms with Gasteiger partial charge in [0.05, 0.1) is 28.2 Å². The van der Waals surface area contributed by atoms with Crippen molar-refractivity contribution in [1.82, 2.24) is 20.5 Å². The topological polar surface area (TPSA) is 112 Å². The average Bonchev–Trinajstić information content (AvgIpc) is 3.41. The van der Waals surface area contributed by atoms with E-state index in [2.05, 4.69) is 15.6 Å². The molecule has 36 heavy (non-hydrogen) atoms. The van der Waals surface area contributed by atoms with Gasteiger partial charge in [0.1, 0.15) is 12.1 Å². The van der Waals surface area contributed by atoms with E-state index in [0.717, 1.165) is 21.7 Å². The van der Waals surface area contributed by atoms with Crippen molar-refractivity contribution in [2.45, 2.75) is 79.1 Å². The summed E-state index contributed by atoms with van der Waals surface area (Å²) >= 11 is 1.59. The van der Waals surface area contributed by atoms with Crippen molar-refractivity contribution >= 4 is 29.1 Å². The number of aryl methyl sites for hydroxylation is 1. The Balaban J connectivity index is 1.73. The smallest absolute Gasteiger partial charge is 0.246 e. The van der Waals surface area contributed by atoms with Gasteiger partial charge in [-0.05, 0) is 30.4 Å². The molecule has 8 nitrogen and oxygen atoms in total. The summed E-state index contributed by atoms with van der Waals surface area (Å²) in [6.45, 7) is 13.1. The van der Waals surface area contributed by atoms with Crippen molar-refractivity contribution in [3.05, 3.63) is 41.0 Å². The molecule has 2 aromatic rings. The number of aliphatic hydroxyl groups is 1. The van der Waals surface area contributed by atoms with Crippen molar-refractivity contribution in [3.63, 3.8) is 0 Å². The van der Waals surface area contributed by atoms with Crippen LogP contribution in [0.3, 0.4) is 0 Å². The lowest BCUT2D eigenvalue weighted by atomic mass is 9.85. The molecular formula is C27H38N4O4S. The maximum Gasteiger partial charge on any atom is 0.246 e. The number of hydrogen-bond acceptors (Lipinski definition) is 6. The second-order valence-corrected chi connectivity index (χ2v) is 11.8. The van der Waals surface area contributed by atoms with Crippen LogP contribution in [0.1, 0.15) is 65.3 Å². The number of hydrogen-bond donors (Lipinski definition) is 3. The number of nitrogens with one attached hydrogen (secondary N) is 2. The molecule has 2 heterocycles. The minimum absolute atomic E-state index is 0.0539. The number of benzene rings is 1. The van der Waals surface area contributed by atoms with Gasteiger partial charge < -0.3 is 20.6 Å². The molecule has 0 saturated carbocycles. The van der Waals surface area contributed by atoms with Crippen LogP contribution < -0.4 is 10.6 Å². The molecule has 1 aromatic heterocycles. The first kappa shape index (κ1) is 27.8. The summed E-state index contributed by atoms with van der Waals surface area (Å²) in [6.07, 6.45) is -0.647. The molecule has 0 radical (unpaired) electrons. The molecule has 4 atom stereocenters. The number of aromatic nitrogens is 1. The van der Waals surface area contributed by atoms with Gasteiger partial charge in [-0.3, -0.25) is 14.4 Å². The average molecular weight is 515 g/mol. The van der Waals surface area contributed by atoms with Gasteiger partial charge in [0, 0.05) is 18.9 Å². The Bertz CT molecular complexity index is 1090. The summed E-state index contributed by atoms with van der Waals surface area (Å²) in [6, 6.07) is 6.06. The molecule has 1 saturated heterocycles. The molecule has 1 aliphatic heterocycles. The second kappa shape index (κ2) is 11.1. The fourth-order valence-corrected chi connectivity index (χ4v) is 5.14. The maximum atomic E-state index is 13.6. The Morgan fingerprint density at radius 3 is 2.28 bits per heavy atom. The minimum atomic E-state index is -0.812. The molecule has 1 aromatic carbocycles. The molecule has 0 aliphatic carbocycles. The highest BCUT2D eigenvalue weighted by Gasteiger charge is 2.44. The molecular weight excluding hydrogens is 476 g/mol. The van der Waals surface area contributed by atoms with E-state index in [1.54, 1.807) is 25.2 Å². The fourth-order valence-electron chi connectivity index (χ4n) is 4.32. The standard InChI is InChI=1S/C27H38N4O4S/c1-15(2)24(33)30-23(27(5,6)7)26(35)31-13-20(32)12-21(31)25(34)29-16(3)18-8-10-19(11-9-18)22-17(4)28-14-36-22/h8-11,14-16,20-21,23,32H,12-13H2,1-7H3,(H,29,34)(H,30,33)/t16-,20+,21-,23+/m0/s1. The minimum Gasteiger partial charge on any atom is -0.391 e. The highest BCUT2D eigenvalue weighted by Crippen LogP contribution is 2.29. The van der Waals surface area contributed by atoms with Crippen LogP contribution in [0.5, 0.6) is 0 Å². The van der Waals surface area contributed by atoms with E-state index in [-0.39, 0.29) is 42.6 Å². The molecule has 3 rings (SSSR count). The summed E-state index contributed by atoms with van der Waals surface area (Å²) < 4.78 is 0.